The molecule has 0 atom stereocenters. The number of sulfonamides is 1. The Kier molecular flexibility index (Phi) is 4.31. The fraction of sp³-hybridized carbons (Fsp3) is 0.182. The quantitative estimate of drug-likeness (QED) is 0.807. The van der Waals surface area contributed by atoms with E-state index in [1.165, 1.54) is 23.5 Å². The van der Waals surface area contributed by atoms with Crippen LogP contribution >= 0.6 is 23.6 Å². The Morgan fingerprint density at radius 2 is 2.00 bits per heavy atom. The standard InChI is InChI=1S/C11H12N4O2S3/c1-7-13-14-11(19-7)15-20(16,17)9-4-2-8(3-5-9)6-10(12)18/h2-5H,6H2,1H3,(H2,12,18)(H,14,15). The van der Waals surface area contributed by atoms with Gasteiger partial charge in [0.1, 0.15) is 5.01 Å². The van der Waals surface area contributed by atoms with Crippen molar-refractivity contribution in [3.8, 4) is 0 Å². The molecule has 2 rings (SSSR count). The number of hydrogen-bond acceptors (Lipinski definition) is 6. The maximum Gasteiger partial charge on any atom is 0.263 e. The van der Waals surface area contributed by atoms with Gasteiger partial charge in [0.2, 0.25) is 5.13 Å². The summed E-state index contributed by atoms with van der Waals surface area (Å²) in [5.41, 5.74) is 6.30. The molecule has 20 heavy (non-hydrogen) atoms. The van der Waals surface area contributed by atoms with E-state index in [9.17, 15) is 8.42 Å². The predicted octanol–water partition coefficient (Wildman–Crippen LogP) is 1.48. The number of anilines is 1. The third-order valence-electron chi connectivity index (χ3n) is 2.36. The van der Waals surface area contributed by atoms with Crippen molar-refractivity contribution in [3.63, 3.8) is 0 Å². The van der Waals surface area contributed by atoms with Crippen molar-refractivity contribution in [2.45, 2.75) is 18.2 Å². The second kappa shape index (κ2) is 5.81. The van der Waals surface area contributed by atoms with Gasteiger partial charge in [-0.25, -0.2) is 8.42 Å². The van der Waals surface area contributed by atoms with Crippen LogP contribution in [0.5, 0.6) is 0 Å². The first-order valence-corrected chi connectivity index (χ1v) is 8.28. The first-order valence-electron chi connectivity index (χ1n) is 5.57. The van der Waals surface area contributed by atoms with Gasteiger partial charge >= 0.3 is 0 Å². The molecule has 9 heteroatoms. The summed E-state index contributed by atoms with van der Waals surface area (Å²) in [6.07, 6.45) is 0.443. The second-order valence-electron chi connectivity index (χ2n) is 4.02. The number of nitrogens with one attached hydrogen (secondary N) is 1. The normalized spacial score (nSPS) is 11.2. The molecule has 0 radical (unpaired) electrons. The summed E-state index contributed by atoms with van der Waals surface area (Å²) < 4.78 is 26.6. The summed E-state index contributed by atoms with van der Waals surface area (Å²) >= 11 is 5.98. The van der Waals surface area contributed by atoms with Gasteiger partial charge in [0.15, 0.2) is 0 Å². The van der Waals surface area contributed by atoms with Crippen molar-refractivity contribution in [2.24, 2.45) is 5.73 Å². The summed E-state index contributed by atoms with van der Waals surface area (Å²) in [5.74, 6) is 0. The lowest BCUT2D eigenvalue weighted by molar-refractivity contribution is 0.601. The molecule has 0 bridgehead atoms. The van der Waals surface area contributed by atoms with Gasteiger partial charge in [-0.3, -0.25) is 4.72 Å². The molecule has 0 aliphatic carbocycles. The number of benzene rings is 1. The number of aryl methyl sites for hydroxylation is 1. The minimum absolute atomic E-state index is 0.150. The third-order valence-corrected chi connectivity index (χ3v) is 4.74. The topological polar surface area (TPSA) is 98.0 Å². The molecule has 2 aromatic rings. The number of aromatic nitrogens is 2. The second-order valence-corrected chi connectivity index (χ2v) is 7.41. The zero-order valence-corrected chi connectivity index (χ0v) is 13.0. The monoisotopic (exact) mass is 328 g/mol. The molecule has 0 spiro atoms. The molecule has 0 fully saturated rings. The van der Waals surface area contributed by atoms with E-state index < -0.39 is 10.0 Å². The van der Waals surface area contributed by atoms with E-state index in [2.05, 4.69) is 14.9 Å². The number of nitrogens with two attached hydrogens (primary N) is 1. The van der Waals surface area contributed by atoms with Crippen LogP contribution in [0.15, 0.2) is 29.2 Å². The zero-order valence-electron chi connectivity index (χ0n) is 10.5. The van der Waals surface area contributed by atoms with Crippen LogP contribution in [0.1, 0.15) is 10.6 Å². The van der Waals surface area contributed by atoms with Gasteiger partial charge in [-0.15, -0.1) is 10.2 Å². The Labute approximate surface area is 126 Å². The molecule has 0 saturated heterocycles. The van der Waals surface area contributed by atoms with E-state index in [0.29, 0.717) is 16.4 Å². The van der Waals surface area contributed by atoms with Crippen LogP contribution in [0.2, 0.25) is 0 Å². The van der Waals surface area contributed by atoms with Crippen LogP contribution in [0.25, 0.3) is 0 Å². The van der Waals surface area contributed by atoms with Crippen molar-refractivity contribution in [1.29, 1.82) is 0 Å². The molecule has 1 heterocycles. The molecule has 3 N–H and O–H groups in total. The van der Waals surface area contributed by atoms with Crippen LogP contribution in [-0.4, -0.2) is 23.6 Å². The lowest BCUT2D eigenvalue weighted by Gasteiger charge is -2.05. The first-order chi connectivity index (χ1) is 9.37. The van der Waals surface area contributed by atoms with Crippen molar-refractivity contribution >= 4 is 43.7 Å². The first kappa shape index (κ1) is 14.8. The molecule has 1 aromatic carbocycles. The van der Waals surface area contributed by atoms with Gasteiger partial charge in [0.25, 0.3) is 10.0 Å². The fourth-order valence-electron chi connectivity index (χ4n) is 1.50. The van der Waals surface area contributed by atoms with Crippen LogP contribution in [0, 0.1) is 6.92 Å². The molecular formula is C11H12N4O2S3. The summed E-state index contributed by atoms with van der Waals surface area (Å²) in [6.45, 7) is 1.75. The minimum atomic E-state index is -3.65. The maximum atomic E-state index is 12.1. The van der Waals surface area contributed by atoms with Gasteiger partial charge in [-0.2, -0.15) is 0 Å². The lowest BCUT2D eigenvalue weighted by Crippen LogP contribution is -2.14. The van der Waals surface area contributed by atoms with Crippen LogP contribution in [0.3, 0.4) is 0 Å². The zero-order chi connectivity index (χ0) is 14.8. The number of hydrogen-bond donors (Lipinski definition) is 2. The summed E-state index contributed by atoms with van der Waals surface area (Å²) in [6, 6.07) is 6.37. The smallest absolute Gasteiger partial charge is 0.263 e. The summed E-state index contributed by atoms with van der Waals surface area (Å²) in [7, 11) is -3.65. The van der Waals surface area contributed by atoms with Gasteiger partial charge < -0.3 is 5.73 Å². The van der Waals surface area contributed by atoms with Crippen LogP contribution in [0.4, 0.5) is 5.13 Å². The van der Waals surface area contributed by atoms with Gasteiger partial charge in [0.05, 0.1) is 9.88 Å². The molecule has 106 valence electrons. The highest BCUT2D eigenvalue weighted by molar-refractivity contribution is 7.93. The average Bonchev–Trinajstić information content (AvgIpc) is 2.74. The van der Waals surface area contributed by atoms with E-state index in [-0.39, 0.29) is 10.0 Å². The van der Waals surface area contributed by atoms with Crippen molar-refractivity contribution < 1.29 is 8.42 Å². The number of thiocarbonyl (C=S) groups is 1. The van der Waals surface area contributed by atoms with Crippen molar-refractivity contribution in [1.82, 2.24) is 10.2 Å². The van der Waals surface area contributed by atoms with E-state index >= 15 is 0 Å². The largest absolute Gasteiger partial charge is 0.393 e. The highest BCUT2D eigenvalue weighted by atomic mass is 32.2. The fourth-order valence-corrected chi connectivity index (χ4v) is 3.49. The number of rotatable bonds is 5. The Bertz CT molecular complexity index is 722. The highest BCUT2D eigenvalue weighted by Gasteiger charge is 2.16. The third kappa shape index (κ3) is 3.71. The van der Waals surface area contributed by atoms with Gasteiger partial charge in [-0.05, 0) is 24.6 Å². The SMILES string of the molecule is Cc1nnc(NS(=O)(=O)c2ccc(CC(N)=S)cc2)s1. The van der Waals surface area contributed by atoms with E-state index in [0.717, 1.165) is 5.56 Å². The maximum absolute atomic E-state index is 12.1. The molecule has 0 unspecified atom stereocenters. The number of nitrogens with zero attached hydrogens (tertiary/aromatic N) is 2. The van der Waals surface area contributed by atoms with Gasteiger partial charge in [-0.1, -0.05) is 35.7 Å². The molecule has 0 aliphatic rings. The Morgan fingerprint density at radius 1 is 1.35 bits per heavy atom. The van der Waals surface area contributed by atoms with Crippen LogP contribution in [-0.2, 0) is 16.4 Å². The lowest BCUT2D eigenvalue weighted by atomic mass is 10.1. The summed E-state index contributed by atoms with van der Waals surface area (Å²) in [5, 5.41) is 8.42. The van der Waals surface area contributed by atoms with Gasteiger partial charge in [0, 0.05) is 6.42 Å². The Balaban J connectivity index is 2.19. The molecule has 1 aromatic heterocycles. The van der Waals surface area contributed by atoms with Crippen molar-refractivity contribution in [2.75, 3.05) is 4.72 Å². The molecule has 0 amide bonds. The molecule has 0 saturated carbocycles. The van der Waals surface area contributed by atoms with E-state index in [1.54, 1.807) is 19.1 Å². The summed E-state index contributed by atoms with van der Waals surface area (Å²) in [4.78, 5) is 0.514. The Morgan fingerprint density at radius 3 is 2.50 bits per heavy atom. The van der Waals surface area contributed by atoms with E-state index in [4.69, 9.17) is 18.0 Å². The minimum Gasteiger partial charge on any atom is -0.393 e. The molecular weight excluding hydrogens is 316 g/mol. The average molecular weight is 328 g/mol. The van der Waals surface area contributed by atoms with Crippen LogP contribution < -0.4 is 10.5 Å². The molecule has 6 nitrogen and oxygen atoms in total. The van der Waals surface area contributed by atoms with Crippen molar-refractivity contribution in [3.05, 3.63) is 34.8 Å². The molecule has 0 aliphatic heterocycles. The Hall–Kier alpha value is -1.58. The predicted molar refractivity (Wildman–Crippen MR) is 82.4 cm³/mol. The van der Waals surface area contributed by atoms with E-state index in [1.807, 2.05) is 0 Å². The highest BCUT2D eigenvalue weighted by Crippen LogP contribution is 2.19.